The molecule has 0 radical (unpaired) electrons. The predicted octanol–water partition coefficient (Wildman–Crippen LogP) is 9.28. The fourth-order valence-electron chi connectivity index (χ4n) is 4.32. The Labute approximate surface area is 270 Å². The van der Waals surface area contributed by atoms with E-state index in [1.165, 1.54) is 21.6 Å². The lowest BCUT2D eigenvalue weighted by atomic mass is 9.89. The van der Waals surface area contributed by atoms with E-state index in [1.54, 1.807) is 18.4 Å². The number of allylic oxidation sites excluding steroid dienone is 1. The Bertz CT molecular complexity index is 1470. The first-order valence-corrected chi connectivity index (χ1v) is 17.0. The molecule has 3 unspecified atom stereocenters. The van der Waals surface area contributed by atoms with Gasteiger partial charge in [-0.15, -0.1) is 38.5 Å². The minimum absolute atomic E-state index is 0.259. The lowest BCUT2D eigenvalue weighted by Crippen LogP contribution is -2.15. The number of nitrogens with zero attached hydrogens (tertiary/aromatic N) is 1. The fraction of sp³-hybridized carbons (Fsp3) is 0.343. The van der Waals surface area contributed by atoms with E-state index < -0.39 is 11.9 Å². The predicted molar refractivity (Wildman–Crippen MR) is 184 cm³/mol. The maximum absolute atomic E-state index is 12.0. The SMILES string of the molecule is C=CC(Cc1cccc(C#CCCc2ccc(C(P)NCc3cccs3)cc2)c1)C(C)C.CNCc1nc(C(F)(F)F)cs1. The Morgan fingerprint density at radius 2 is 1.80 bits per heavy atom. The Morgan fingerprint density at radius 3 is 2.41 bits per heavy atom. The molecule has 0 fully saturated rings. The Hall–Kier alpha value is -2.79. The van der Waals surface area contributed by atoms with Crippen molar-refractivity contribution in [3.05, 3.63) is 122 Å². The van der Waals surface area contributed by atoms with Gasteiger partial charge in [0.15, 0.2) is 5.69 Å². The summed E-state index contributed by atoms with van der Waals surface area (Å²) in [4.78, 5) is 4.76. The summed E-state index contributed by atoms with van der Waals surface area (Å²) >= 11 is 2.80. The smallest absolute Gasteiger partial charge is 0.314 e. The fourth-order valence-corrected chi connectivity index (χ4v) is 6.13. The molecule has 0 amide bonds. The number of hydrogen-bond acceptors (Lipinski definition) is 5. The maximum atomic E-state index is 12.0. The van der Waals surface area contributed by atoms with Crippen LogP contribution in [0.2, 0.25) is 0 Å². The third-order valence-electron chi connectivity index (χ3n) is 6.91. The normalized spacial score (nSPS) is 12.5. The van der Waals surface area contributed by atoms with E-state index >= 15 is 0 Å². The van der Waals surface area contributed by atoms with Crippen molar-refractivity contribution < 1.29 is 13.2 Å². The first-order chi connectivity index (χ1) is 21.1. The van der Waals surface area contributed by atoms with E-state index in [9.17, 15) is 13.2 Å². The molecule has 9 heteroatoms. The highest BCUT2D eigenvalue weighted by molar-refractivity contribution is 7.17. The third kappa shape index (κ3) is 12.3. The van der Waals surface area contributed by atoms with Crippen molar-refractivity contribution in [3.63, 3.8) is 0 Å². The summed E-state index contributed by atoms with van der Waals surface area (Å²) in [6.07, 6.45) is 0.632. The van der Waals surface area contributed by atoms with Crippen LogP contribution in [-0.2, 0) is 32.1 Å². The van der Waals surface area contributed by atoms with Crippen molar-refractivity contribution in [1.82, 2.24) is 15.6 Å². The topological polar surface area (TPSA) is 37.0 Å². The Morgan fingerprint density at radius 1 is 1.02 bits per heavy atom. The molecule has 3 nitrogen and oxygen atoms in total. The average Bonchev–Trinajstić information content (AvgIpc) is 3.71. The summed E-state index contributed by atoms with van der Waals surface area (Å²) in [6, 6.07) is 21.8. The van der Waals surface area contributed by atoms with Crippen LogP contribution in [0.3, 0.4) is 0 Å². The van der Waals surface area contributed by atoms with Gasteiger partial charge in [0.05, 0.1) is 0 Å². The summed E-state index contributed by atoms with van der Waals surface area (Å²) in [7, 11) is 4.56. The van der Waals surface area contributed by atoms with Gasteiger partial charge in [0.2, 0.25) is 0 Å². The van der Waals surface area contributed by atoms with Crippen molar-refractivity contribution in [1.29, 1.82) is 0 Å². The first-order valence-electron chi connectivity index (χ1n) is 14.6. The van der Waals surface area contributed by atoms with Crippen LogP contribution in [0, 0.1) is 23.7 Å². The minimum Gasteiger partial charge on any atom is -0.314 e. The molecule has 0 bridgehead atoms. The number of hydrogen-bond donors (Lipinski definition) is 2. The second-order valence-corrected chi connectivity index (χ2v) is 13.3. The molecule has 44 heavy (non-hydrogen) atoms. The molecule has 0 aliphatic rings. The van der Waals surface area contributed by atoms with Crippen LogP contribution in [0.5, 0.6) is 0 Å². The zero-order chi connectivity index (χ0) is 32.0. The van der Waals surface area contributed by atoms with Crippen molar-refractivity contribution in [2.24, 2.45) is 11.8 Å². The highest BCUT2D eigenvalue weighted by Gasteiger charge is 2.33. The van der Waals surface area contributed by atoms with Crippen molar-refractivity contribution >= 4 is 31.9 Å². The van der Waals surface area contributed by atoms with Crippen molar-refractivity contribution in [3.8, 4) is 11.8 Å². The number of alkyl halides is 3. The number of aromatic nitrogens is 1. The summed E-state index contributed by atoms with van der Waals surface area (Å²) < 4.78 is 35.9. The average molecular weight is 656 g/mol. The van der Waals surface area contributed by atoms with Gasteiger partial charge in [0.1, 0.15) is 5.01 Å². The molecule has 0 spiro atoms. The summed E-state index contributed by atoms with van der Waals surface area (Å²) in [5.74, 6) is 8.07. The van der Waals surface area contributed by atoms with Gasteiger partial charge < -0.3 is 10.6 Å². The molecule has 0 saturated heterocycles. The van der Waals surface area contributed by atoms with Crippen LogP contribution < -0.4 is 10.6 Å². The molecule has 4 rings (SSSR count). The molecular formula is C35H41F3N3PS2. The lowest BCUT2D eigenvalue weighted by molar-refractivity contribution is -0.140. The van der Waals surface area contributed by atoms with Gasteiger partial charge in [-0.2, -0.15) is 13.2 Å². The summed E-state index contributed by atoms with van der Waals surface area (Å²) in [6.45, 7) is 9.77. The number of aryl methyl sites for hydroxylation is 1. The van der Waals surface area contributed by atoms with Gasteiger partial charge in [-0.05, 0) is 72.0 Å². The summed E-state index contributed by atoms with van der Waals surface area (Å²) in [5.41, 5.74) is 4.26. The number of halogens is 3. The number of thiophene rings is 1. The lowest BCUT2D eigenvalue weighted by Gasteiger charge is -2.16. The number of benzene rings is 2. The molecule has 0 saturated carbocycles. The van der Waals surface area contributed by atoms with Gasteiger partial charge in [-0.25, -0.2) is 4.98 Å². The summed E-state index contributed by atoms with van der Waals surface area (Å²) in [5, 5.41) is 9.88. The molecule has 2 aromatic heterocycles. The van der Waals surface area contributed by atoms with Crippen LogP contribution in [0.25, 0.3) is 0 Å². The molecule has 234 valence electrons. The monoisotopic (exact) mass is 655 g/mol. The van der Waals surface area contributed by atoms with Crippen LogP contribution in [0.15, 0.2) is 84.1 Å². The van der Waals surface area contributed by atoms with Crippen molar-refractivity contribution in [2.75, 3.05) is 7.05 Å². The second-order valence-electron chi connectivity index (χ2n) is 10.7. The zero-order valence-corrected chi connectivity index (χ0v) is 28.2. The van der Waals surface area contributed by atoms with Gasteiger partial charge in [0, 0.05) is 41.1 Å². The van der Waals surface area contributed by atoms with Crippen LogP contribution >= 0.6 is 31.9 Å². The molecule has 2 N–H and O–H groups in total. The van der Waals surface area contributed by atoms with E-state index in [2.05, 4.69) is 129 Å². The maximum Gasteiger partial charge on any atom is 0.434 e. The molecule has 0 aliphatic carbocycles. The van der Waals surface area contributed by atoms with Crippen LogP contribution in [0.4, 0.5) is 13.2 Å². The number of nitrogens with one attached hydrogen (secondary N) is 2. The van der Waals surface area contributed by atoms with E-state index in [0.29, 0.717) is 23.4 Å². The molecule has 0 aliphatic heterocycles. The molecule has 2 heterocycles. The second kappa shape index (κ2) is 18.2. The minimum atomic E-state index is -4.32. The van der Waals surface area contributed by atoms with E-state index in [0.717, 1.165) is 48.1 Å². The highest BCUT2D eigenvalue weighted by atomic mass is 32.1. The first kappa shape index (κ1) is 35.7. The Balaban J connectivity index is 0.000000369. The standard InChI is InChI=1S/C29H34NPS.C6H7F3N2S/c1-4-26(22(2)3)20-25-12-7-11-24(19-25)10-6-5-9-23-14-16-27(17-15-23)29(31)30-21-28-13-8-18-32-28;1-10-2-5-11-4(3-12-5)6(7,8)9/h4,7-8,11-19,22,26,29-30H,1,5,9,20-21,31H2,2-3H3;3,10H,2H2,1H3. The van der Waals surface area contributed by atoms with Gasteiger partial charge in [0.25, 0.3) is 0 Å². The molecule has 2 aromatic carbocycles. The van der Waals surface area contributed by atoms with Crippen molar-refractivity contribution in [2.45, 2.75) is 58.2 Å². The molecular weight excluding hydrogens is 615 g/mol. The van der Waals surface area contributed by atoms with E-state index in [1.807, 2.05) is 0 Å². The zero-order valence-electron chi connectivity index (χ0n) is 25.5. The van der Waals surface area contributed by atoms with Gasteiger partial charge >= 0.3 is 6.18 Å². The van der Waals surface area contributed by atoms with Crippen LogP contribution in [-0.4, -0.2) is 12.0 Å². The highest BCUT2D eigenvalue weighted by Crippen LogP contribution is 2.30. The van der Waals surface area contributed by atoms with Gasteiger partial charge in [-0.3, -0.25) is 0 Å². The van der Waals surface area contributed by atoms with E-state index in [-0.39, 0.29) is 5.78 Å². The third-order valence-corrected chi connectivity index (χ3v) is 9.26. The number of rotatable bonds is 12. The van der Waals surface area contributed by atoms with E-state index in [4.69, 9.17) is 0 Å². The largest absolute Gasteiger partial charge is 0.434 e. The number of thiazole rings is 1. The quantitative estimate of drug-likeness (QED) is 0.0908. The van der Waals surface area contributed by atoms with Crippen LogP contribution in [0.1, 0.15) is 63.9 Å². The van der Waals surface area contributed by atoms with Gasteiger partial charge in [-0.1, -0.05) is 74.2 Å². The molecule has 3 atom stereocenters. The molecule has 4 aromatic rings. The Kier molecular flexibility index (Phi) is 14.8.